The Morgan fingerprint density at radius 1 is 1.20 bits per heavy atom. The fraction of sp³-hybridized carbons (Fsp3) is 0.273. The minimum Gasteiger partial charge on any atom is -0.311 e. The van der Waals surface area contributed by atoms with E-state index < -0.39 is 0 Å². The van der Waals surface area contributed by atoms with Crippen molar-refractivity contribution in [3.8, 4) is 0 Å². The monoisotopic (exact) mass is 301 g/mol. The molecule has 0 aliphatic rings. The third-order valence-corrected chi connectivity index (χ3v) is 4.62. The Hall–Kier alpha value is -0.160. The molecule has 0 saturated carbocycles. The van der Waals surface area contributed by atoms with Crippen LogP contribution in [0.25, 0.3) is 0 Å². The van der Waals surface area contributed by atoms with Gasteiger partial charge in [0.1, 0.15) is 0 Å². The minimum atomic E-state index is 0.974. The van der Waals surface area contributed by atoms with E-state index in [0.717, 1.165) is 19.5 Å². The van der Waals surface area contributed by atoms with Crippen LogP contribution in [0.5, 0.6) is 0 Å². The number of hydrogen-bond acceptors (Lipinski definition) is 3. The lowest BCUT2D eigenvalue weighted by atomic mass is 10.3. The Morgan fingerprint density at radius 3 is 2.80 bits per heavy atom. The first-order valence-corrected chi connectivity index (χ1v) is 7.31. The molecule has 2 rings (SSSR count). The Morgan fingerprint density at radius 2 is 2.13 bits per heavy atom. The molecule has 15 heavy (non-hydrogen) atoms. The number of thiophene rings is 2. The second-order valence-corrected chi connectivity index (χ2v) is 6.79. The molecule has 1 nitrogen and oxygen atoms in total. The van der Waals surface area contributed by atoms with Gasteiger partial charge in [0.25, 0.3) is 0 Å². The standard InChI is InChI=1S/C11H12BrNS2/c12-11-4-3-10(15-11)8-13-6-5-9-2-1-7-14-9/h1-4,7,13H,5-6,8H2. The van der Waals surface area contributed by atoms with Crippen molar-refractivity contribution < 1.29 is 0 Å². The van der Waals surface area contributed by atoms with Gasteiger partial charge in [0.2, 0.25) is 0 Å². The highest BCUT2D eigenvalue weighted by Gasteiger charge is 1.97. The maximum atomic E-state index is 3.47. The number of halogens is 1. The first kappa shape index (κ1) is 11.3. The van der Waals surface area contributed by atoms with E-state index in [1.807, 2.05) is 11.3 Å². The molecule has 0 fully saturated rings. The SMILES string of the molecule is Brc1ccc(CNCCc2cccs2)s1. The number of hydrogen-bond donors (Lipinski definition) is 1. The quantitative estimate of drug-likeness (QED) is 0.826. The highest BCUT2D eigenvalue weighted by molar-refractivity contribution is 9.11. The molecule has 0 aromatic carbocycles. The first-order chi connectivity index (χ1) is 7.34. The van der Waals surface area contributed by atoms with Gasteiger partial charge in [-0.2, -0.15) is 0 Å². The van der Waals surface area contributed by atoms with Gasteiger partial charge in [-0.3, -0.25) is 0 Å². The van der Waals surface area contributed by atoms with Gasteiger partial charge in [-0.1, -0.05) is 6.07 Å². The number of rotatable bonds is 5. The molecule has 0 radical (unpaired) electrons. The molecule has 1 N–H and O–H groups in total. The smallest absolute Gasteiger partial charge is 0.0701 e. The molecular weight excluding hydrogens is 290 g/mol. The molecule has 80 valence electrons. The van der Waals surface area contributed by atoms with Gasteiger partial charge in [-0.25, -0.2) is 0 Å². The summed E-state index contributed by atoms with van der Waals surface area (Å²) in [6, 6.07) is 8.55. The van der Waals surface area contributed by atoms with Crippen LogP contribution >= 0.6 is 38.6 Å². The van der Waals surface area contributed by atoms with E-state index in [2.05, 4.69) is 50.9 Å². The lowest BCUT2D eigenvalue weighted by Gasteiger charge is -2.00. The average Bonchev–Trinajstić information content (AvgIpc) is 2.84. The molecule has 4 heteroatoms. The molecule has 0 atom stereocenters. The summed E-state index contributed by atoms with van der Waals surface area (Å²) in [4.78, 5) is 2.84. The number of nitrogens with one attached hydrogen (secondary N) is 1. The van der Waals surface area contributed by atoms with E-state index in [-0.39, 0.29) is 0 Å². The van der Waals surface area contributed by atoms with Crippen LogP contribution in [0.3, 0.4) is 0 Å². The molecule has 2 aromatic heterocycles. The molecule has 2 aromatic rings. The van der Waals surface area contributed by atoms with Gasteiger partial charge in [-0.15, -0.1) is 22.7 Å². The van der Waals surface area contributed by atoms with Gasteiger partial charge in [-0.05, 0) is 45.9 Å². The maximum Gasteiger partial charge on any atom is 0.0701 e. The predicted octanol–water partition coefficient (Wildman–Crippen LogP) is 3.90. The zero-order valence-corrected chi connectivity index (χ0v) is 11.4. The normalized spacial score (nSPS) is 10.7. The minimum absolute atomic E-state index is 0.974. The molecule has 0 amide bonds. The van der Waals surface area contributed by atoms with Crippen molar-refractivity contribution in [1.82, 2.24) is 5.32 Å². The van der Waals surface area contributed by atoms with Gasteiger partial charge < -0.3 is 5.32 Å². The van der Waals surface area contributed by atoms with Crippen LogP contribution in [-0.2, 0) is 13.0 Å². The summed E-state index contributed by atoms with van der Waals surface area (Å²) < 4.78 is 1.21. The van der Waals surface area contributed by atoms with E-state index in [1.54, 1.807) is 11.3 Å². The first-order valence-electron chi connectivity index (χ1n) is 4.82. The van der Waals surface area contributed by atoms with Crippen molar-refractivity contribution in [3.05, 3.63) is 43.2 Å². The largest absolute Gasteiger partial charge is 0.311 e. The predicted molar refractivity (Wildman–Crippen MR) is 71.7 cm³/mol. The zero-order valence-electron chi connectivity index (χ0n) is 8.20. The second-order valence-electron chi connectivity index (χ2n) is 3.21. The Balaban J connectivity index is 1.67. The van der Waals surface area contributed by atoms with Crippen molar-refractivity contribution in [2.75, 3.05) is 6.54 Å². The van der Waals surface area contributed by atoms with Gasteiger partial charge in [0.15, 0.2) is 0 Å². The summed E-state index contributed by atoms with van der Waals surface area (Å²) in [6.07, 6.45) is 1.13. The highest BCUT2D eigenvalue weighted by atomic mass is 79.9. The summed E-state index contributed by atoms with van der Waals surface area (Å²) in [5.74, 6) is 0. The Labute approximate surface area is 106 Å². The van der Waals surface area contributed by atoms with E-state index in [1.165, 1.54) is 13.5 Å². The van der Waals surface area contributed by atoms with Crippen LogP contribution in [0.4, 0.5) is 0 Å². The van der Waals surface area contributed by atoms with Crippen molar-refractivity contribution in [3.63, 3.8) is 0 Å². The molecule has 0 spiro atoms. The Kier molecular flexibility index (Phi) is 4.38. The topological polar surface area (TPSA) is 12.0 Å². The van der Waals surface area contributed by atoms with Crippen molar-refractivity contribution >= 4 is 38.6 Å². The van der Waals surface area contributed by atoms with Crippen molar-refractivity contribution in [2.24, 2.45) is 0 Å². The fourth-order valence-corrected chi connectivity index (χ4v) is 3.49. The molecule has 0 aliphatic carbocycles. The summed E-state index contributed by atoms with van der Waals surface area (Å²) in [7, 11) is 0. The van der Waals surface area contributed by atoms with Crippen molar-refractivity contribution in [2.45, 2.75) is 13.0 Å². The fourth-order valence-electron chi connectivity index (χ4n) is 1.32. The van der Waals surface area contributed by atoms with Crippen LogP contribution in [0.15, 0.2) is 33.4 Å². The summed E-state index contributed by atoms with van der Waals surface area (Å²) in [6.45, 7) is 2.03. The van der Waals surface area contributed by atoms with Crippen LogP contribution in [0.1, 0.15) is 9.75 Å². The van der Waals surface area contributed by atoms with E-state index in [4.69, 9.17) is 0 Å². The van der Waals surface area contributed by atoms with E-state index >= 15 is 0 Å². The zero-order chi connectivity index (χ0) is 10.5. The molecule has 0 aliphatic heterocycles. The second kappa shape index (κ2) is 5.80. The molecule has 2 heterocycles. The maximum absolute atomic E-state index is 3.47. The van der Waals surface area contributed by atoms with Gasteiger partial charge in [0, 0.05) is 22.8 Å². The third kappa shape index (κ3) is 3.72. The highest BCUT2D eigenvalue weighted by Crippen LogP contribution is 2.21. The summed E-state index contributed by atoms with van der Waals surface area (Å²) in [5.41, 5.74) is 0. The van der Waals surface area contributed by atoms with Crippen LogP contribution in [-0.4, -0.2) is 6.54 Å². The van der Waals surface area contributed by atoms with Crippen LogP contribution < -0.4 is 5.32 Å². The average molecular weight is 302 g/mol. The van der Waals surface area contributed by atoms with E-state index in [9.17, 15) is 0 Å². The van der Waals surface area contributed by atoms with Gasteiger partial charge >= 0.3 is 0 Å². The van der Waals surface area contributed by atoms with Crippen LogP contribution in [0, 0.1) is 0 Å². The Bertz CT molecular complexity index is 394. The van der Waals surface area contributed by atoms with Crippen molar-refractivity contribution in [1.29, 1.82) is 0 Å². The molecule has 0 saturated heterocycles. The summed E-state index contributed by atoms with van der Waals surface area (Å²) >= 11 is 7.09. The third-order valence-electron chi connectivity index (χ3n) is 2.06. The van der Waals surface area contributed by atoms with E-state index in [0.29, 0.717) is 0 Å². The molecule has 0 unspecified atom stereocenters. The van der Waals surface area contributed by atoms with Crippen LogP contribution in [0.2, 0.25) is 0 Å². The molecule has 0 bridgehead atoms. The van der Waals surface area contributed by atoms with Gasteiger partial charge in [0.05, 0.1) is 3.79 Å². The lowest BCUT2D eigenvalue weighted by molar-refractivity contribution is 0.697. The molecular formula is C11H12BrNS2. The summed E-state index contributed by atoms with van der Waals surface area (Å²) in [5, 5.41) is 5.58. The lowest BCUT2D eigenvalue weighted by Crippen LogP contribution is -2.15.